The molecule has 2 amide bonds. The highest BCUT2D eigenvalue weighted by Gasteiger charge is 2.42. The minimum Gasteiger partial charge on any atom is -0.466 e. The molecule has 2 heterocycles. The molecular weight excluding hydrogens is 653 g/mol. The van der Waals surface area contributed by atoms with Crippen LogP contribution in [0.1, 0.15) is 38.7 Å². The number of ether oxygens (including phenoxy) is 2. The number of rotatable bonds is 8. The van der Waals surface area contributed by atoms with Crippen LogP contribution in [-0.4, -0.2) is 83.9 Å². The molecule has 46 heavy (non-hydrogen) atoms. The number of methoxy groups -OCH3 is 2. The highest BCUT2D eigenvalue weighted by atomic mass is 35.5. The number of benzene rings is 2. The highest BCUT2D eigenvalue weighted by molar-refractivity contribution is 7.85. The molecule has 1 saturated heterocycles. The number of nitrogens with zero attached hydrogens (tertiary/aromatic N) is 2. The Bertz CT molecular complexity index is 1590. The molecular formula is C33H37Cl2N3O7S. The number of carbonyl (C=O) groups excluding carboxylic acids is 4. The van der Waals surface area contributed by atoms with Gasteiger partial charge in [0.2, 0.25) is 11.8 Å². The molecule has 0 radical (unpaired) electrons. The fourth-order valence-electron chi connectivity index (χ4n) is 5.52. The van der Waals surface area contributed by atoms with Gasteiger partial charge in [0.25, 0.3) is 0 Å². The summed E-state index contributed by atoms with van der Waals surface area (Å²) in [4.78, 5) is 57.5. The monoisotopic (exact) mass is 689 g/mol. The first kappa shape index (κ1) is 35.2. The minimum atomic E-state index is -1.64. The van der Waals surface area contributed by atoms with Gasteiger partial charge in [0.05, 0.1) is 54.3 Å². The number of amides is 2. The van der Waals surface area contributed by atoms with Crippen LogP contribution in [0.4, 0.5) is 0 Å². The summed E-state index contributed by atoms with van der Waals surface area (Å²) in [6.07, 6.45) is -0.286. The maximum Gasteiger partial charge on any atom is 0.336 e. The van der Waals surface area contributed by atoms with E-state index in [1.807, 2.05) is 20.8 Å². The van der Waals surface area contributed by atoms with E-state index in [2.05, 4.69) is 5.32 Å². The molecule has 0 aliphatic carbocycles. The van der Waals surface area contributed by atoms with E-state index in [9.17, 15) is 23.4 Å². The summed E-state index contributed by atoms with van der Waals surface area (Å²) >= 11 is 13.3. The molecule has 4 rings (SSSR count). The Labute approximate surface area is 281 Å². The number of carbonyl (C=O) groups is 4. The van der Waals surface area contributed by atoms with Gasteiger partial charge in [0.1, 0.15) is 0 Å². The van der Waals surface area contributed by atoms with Crippen LogP contribution in [-0.2, 0) is 39.5 Å². The van der Waals surface area contributed by atoms with Crippen LogP contribution < -0.4 is 5.32 Å². The second-order valence-corrected chi connectivity index (χ2v) is 14.1. The van der Waals surface area contributed by atoms with Gasteiger partial charge in [-0.1, -0.05) is 68.2 Å². The van der Waals surface area contributed by atoms with Crippen molar-refractivity contribution in [2.45, 2.75) is 38.0 Å². The van der Waals surface area contributed by atoms with E-state index in [0.717, 1.165) is 0 Å². The van der Waals surface area contributed by atoms with E-state index in [0.29, 0.717) is 31.1 Å². The van der Waals surface area contributed by atoms with Crippen LogP contribution in [0.25, 0.3) is 0 Å². The molecule has 2 aromatic carbocycles. The van der Waals surface area contributed by atoms with E-state index in [1.54, 1.807) is 58.3 Å². The van der Waals surface area contributed by atoms with Crippen LogP contribution in [0, 0.1) is 5.41 Å². The van der Waals surface area contributed by atoms with Gasteiger partial charge in [0, 0.05) is 63.5 Å². The average Bonchev–Trinajstić information content (AvgIpc) is 3.03. The van der Waals surface area contributed by atoms with Gasteiger partial charge in [-0.15, -0.1) is 0 Å². The standard InChI is InChI=1S/C33H37Cl2N3O7S/c1-33(2,3)32(42)38-16-14-37(15-17-38)25(39)18-23-27(30(40)44-4)29(26-21(34)12-9-13-22(26)35)28(31(41)45-5)24(36-23)19-46(43)20-10-7-6-8-11-20/h6-13,29,36H,14-19H2,1-5H3/t29-,46-/m0/s1. The first-order valence-corrected chi connectivity index (χ1v) is 16.7. The third kappa shape index (κ3) is 7.65. The van der Waals surface area contributed by atoms with Gasteiger partial charge in [-0.2, -0.15) is 0 Å². The average molecular weight is 691 g/mol. The molecule has 0 unspecified atom stereocenters. The lowest BCUT2D eigenvalue weighted by molar-refractivity contribution is -0.144. The van der Waals surface area contributed by atoms with Crippen LogP contribution in [0.5, 0.6) is 0 Å². The number of nitrogens with one attached hydrogen (secondary N) is 1. The number of halogens is 2. The number of piperazine rings is 1. The molecule has 0 bridgehead atoms. The quantitative estimate of drug-likeness (QED) is 0.404. The molecule has 13 heteroatoms. The maximum absolute atomic E-state index is 13.8. The number of esters is 2. The zero-order chi connectivity index (χ0) is 33.8. The van der Waals surface area contributed by atoms with Gasteiger partial charge in [0.15, 0.2) is 0 Å². The van der Waals surface area contributed by atoms with Crippen molar-refractivity contribution in [2.75, 3.05) is 46.2 Å². The Hall–Kier alpha value is -3.67. The van der Waals surface area contributed by atoms with Crippen molar-refractivity contribution in [3.05, 3.63) is 86.7 Å². The zero-order valence-electron chi connectivity index (χ0n) is 26.4. The Morgan fingerprint density at radius 3 is 1.87 bits per heavy atom. The van der Waals surface area contributed by atoms with Crippen LogP contribution in [0.2, 0.25) is 10.0 Å². The largest absolute Gasteiger partial charge is 0.466 e. The van der Waals surface area contributed by atoms with Crippen molar-refractivity contribution in [1.29, 1.82) is 0 Å². The normalized spacial score (nSPS) is 17.8. The molecule has 2 atom stereocenters. The van der Waals surface area contributed by atoms with Crippen LogP contribution in [0.15, 0.2) is 76.0 Å². The third-order valence-corrected chi connectivity index (χ3v) is 9.81. The Morgan fingerprint density at radius 1 is 0.826 bits per heavy atom. The summed E-state index contributed by atoms with van der Waals surface area (Å²) in [6, 6.07) is 13.4. The third-order valence-electron chi connectivity index (χ3n) is 7.80. The second-order valence-electron chi connectivity index (χ2n) is 11.9. The molecule has 10 nitrogen and oxygen atoms in total. The lowest BCUT2D eigenvalue weighted by atomic mass is 9.79. The number of hydrogen-bond acceptors (Lipinski definition) is 8. The summed E-state index contributed by atoms with van der Waals surface area (Å²) < 4.78 is 23.9. The van der Waals surface area contributed by atoms with E-state index < -0.39 is 34.1 Å². The van der Waals surface area contributed by atoms with Crippen molar-refractivity contribution in [1.82, 2.24) is 15.1 Å². The van der Waals surface area contributed by atoms with Gasteiger partial charge in [-0.3, -0.25) is 13.8 Å². The van der Waals surface area contributed by atoms with E-state index in [1.165, 1.54) is 14.2 Å². The smallest absolute Gasteiger partial charge is 0.336 e. The first-order chi connectivity index (χ1) is 21.8. The van der Waals surface area contributed by atoms with Gasteiger partial charge in [-0.25, -0.2) is 9.59 Å². The molecule has 2 aliphatic rings. The molecule has 0 saturated carbocycles. The Morgan fingerprint density at radius 2 is 1.35 bits per heavy atom. The van der Waals surface area contributed by atoms with Crippen molar-refractivity contribution >= 4 is 57.8 Å². The molecule has 0 aromatic heterocycles. The molecule has 1 fully saturated rings. The lowest BCUT2D eigenvalue weighted by Gasteiger charge is -2.38. The van der Waals surface area contributed by atoms with Crippen molar-refractivity contribution in [2.24, 2.45) is 5.41 Å². The summed E-state index contributed by atoms with van der Waals surface area (Å²) in [7, 11) is 0.739. The summed E-state index contributed by atoms with van der Waals surface area (Å²) in [5.74, 6) is -3.33. The fraction of sp³-hybridized carbons (Fsp3) is 0.394. The summed E-state index contributed by atoms with van der Waals surface area (Å²) in [6.45, 7) is 6.88. The van der Waals surface area contributed by atoms with Crippen molar-refractivity contribution in [3.63, 3.8) is 0 Å². The zero-order valence-corrected chi connectivity index (χ0v) is 28.7. The Balaban J connectivity index is 1.80. The molecule has 0 spiro atoms. The SMILES string of the molecule is COC(=O)C1=C(CC(=O)N2CCN(C(=O)C(C)(C)C)CC2)NC(C[S@](=O)c2ccccc2)=C(C(=O)OC)[C@H]1c1c(Cl)cccc1Cl. The molecule has 2 aromatic rings. The van der Waals surface area contributed by atoms with Gasteiger partial charge in [-0.05, 0) is 24.3 Å². The summed E-state index contributed by atoms with van der Waals surface area (Å²) in [5, 5.41) is 3.43. The van der Waals surface area contributed by atoms with Crippen LogP contribution >= 0.6 is 23.2 Å². The number of dihydropyridines is 1. The first-order valence-electron chi connectivity index (χ1n) is 14.6. The highest BCUT2D eigenvalue weighted by Crippen LogP contribution is 2.45. The van der Waals surface area contributed by atoms with Gasteiger partial charge < -0.3 is 24.6 Å². The van der Waals surface area contributed by atoms with Crippen molar-refractivity contribution < 1.29 is 32.9 Å². The van der Waals surface area contributed by atoms with Gasteiger partial charge >= 0.3 is 11.9 Å². The fourth-order valence-corrected chi connectivity index (χ4v) is 7.26. The second kappa shape index (κ2) is 14.8. The molecule has 246 valence electrons. The van der Waals surface area contributed by atoms with E-state index in [4.69, 9.17) is 32.7 Å². The molecule has 1 N–H and O–H groups in total. The maximum atomic E-state index is 13.8. The van der Waals surface area contributed by atoms with E-state index in [-0.39, 0.29) is 62.1 Å². The topological polar surface area (TPSA) is 122 Å². The predicted octanol–water partition coefficient (Wildman–Crippen LogP) is 4.45. The van der Waals surface area contributed by atoms with E-state index >= 15 is 0 Å². The lowest BCUT2D eigenvalue weighted by Crippen LogP contribution is -2.53. The Kier molecular flexibility index (Phi) is 11.3. The predicted molar refractivity (Wildman–Crippen MR) is 175 cm³/mol. The molecule has 2 aliphatic heterocycles. The van der Waals surface area contributed by atoms with Crippen molar-refractivity contribution in [3.8, 4) is 0 Å². The minimum absolute atomic E-state index is 0.000211. The number of hydrogen-bond donors (Lipinski definition) is 1. The summed E-state index contributed by atoms with van der Waals surface area (Å²) in [5.41, 5.74) is -0.0669. The van der Waals surface area contributed by atoms with Crippen LogP contribution in [0.3, 0.4) is 0 Å².